The first kappa shape index (κ1) is 18.8. The summed E-state index contributed by atoms with van der Waals surface area (Å²) in [5.41, 5.74) is -1.32. The molecule has 0 saturated carbocycles. The van der Waals surface area contributed by atoms with Crippen LogP contribution >= 0.6 is 11.6 Å². The summed E-state index contributed by atoms with van der Waals surface area (Å²) in [6.45, 7) is 4.37. The molecular formula is C15H19ClN2O5. The quantitative estimate of drug-likeness (QED) is 0.797. The van der Waals surface area contributed by atoms with E-state index in [0.717, 1.165) is 0 Å². The molecule has 8 heteroatoms. The molecule has 1 aromatic carbocycles. The fraction of sp³-hybridized carbons (Fsp3) is 0.400. The lowest BCUT2D eigenvalue weighted by molar-refractivity contribution is -0.167. The molecule has 3 amide bonds. The predicted molar refractivity (Wildman–Crippen MR) is 84.3 cm³/mol. The average Bonchev–Trinajstić information content (AvgIpc) is 2.48. The van der Waals surface area contributed by atoms with Gasteiger partial charge in [-0.05, 0) is 45.0 Å². The van der Waals surface area contributed by atoms with E-state index in [1.807, 2.05) is 5.32 Å². The standard InChI is InChI=1S/C15H19ClN2O5/c1-9(12(19)18-14(21)17-4)22-13(20)15(2,3)23-11-7-5-10(16)6-8-11/h5-9H,1-4H3,(H2,17,18,19,21)/t9-/m1/s1. The van der Waals surface area contributed by atoms with E-state index in [2.05, 4.69) is 5.32 Å². The summed E-state index contributed by atoms with van der Waals surface area (Å²) < 4.78 is 10.6. The number of esters is 1. The highest BCUT2D eigenvalue weighted by Crippen LogP contribution is 2.22. The van der Waals surface area contributed by atoms with Crippen molar-refractivity contribution >= 4 is 29.5 Å². The molecule has 0 heterocycles. The van der Waals surface area contributed by atoms with Gasteiger partial charge in [-0.25, -0.2) is 9.59 Å². The number of imide groups is 1. The Bertz CT molecular complexity index is 586. The van der Waals surface area contributed by atoms with Gasteiger partial charge < -0.3 is 14.8 Å². The number of carbonyl (C=O) groups excluding carboxylic acids is 3. The number of hydrogen-bond acceptors (Lipinski definition) is 5. The van der Waals surface area contributed by atoms with Gasteiger partial charge in [-0.3, -0.25) is 10.1 Å². The van der Waals surface area contributed by atoms with Crippen molar-refractivity contribution < 1.29 is 23.9 Å². The molecule has 1 rings (SSSR count). The SMILES string of the molecule is CNC(=O)NC(=O)[C@@H](C)OC(=O)C(C)(C)Oc1ccc(Cl)cc1. The number of benzene rings is 1. The molecule has 1 atom stereocenters. The minimum Gasteiger partial charge on any atom is -0.476 e. The van der Waals surface area contributed by atoms with Gasteiger partial charge in [-0.1, -0.05) is 11.6 Å². The molecule has 0 spiro atoms. The van der Waals surface area contributed by atoms with E-state index in [1.54, 1.807) is 24.3 Å². The minimum atomic E-state index is -1.32. The van der Waals surface area contributed by atoms with Crippen molar-refractivity contribution in [3.05, 3.63) is 29.3 Å². The van der Waals surface area contributed by atoms with E-state index in [9.17, 15) is 14.4 Å². The predicted octanol–water partition coefficient (Wildman–Crippen LogP) is 1.88. The number of carbonyl (C=O) groups is 3. The number of nitrogens with one attached hydrogen (secondary N) is 2. The van der Waals surface area contributed by atoms with Crippen LogP contribution in [0.2, 0.25) is 5.02 Å². The van der Waals surface area contributed by atoms with Crippen molar-refractivity contribution in [1.82, 2.24) is 10.6 Å². The van der Waals surface area contributed by atoms with Gasteiger partial charge in [0, 0.05) is 12.1 Å². The van der Waals surface area contributed by atoms with E-state index in [4.69, 9.17) is 21.1 Å². The second-order valence-electron chi connectivity index (χ2n) is 5.18. The maximum atomic E-state index is 12.2. The van der Waals surface area contributed by atoms with Crippen LogP contribution in [0.5, 0.6) is 5.75 Å². The molecule has 0 saturated heterocycles. The summed E-state index contributed by atoms with van der Waals surface area (Å²) in [4.78, 5) is 34.9. The molecule has 2 N–H and O–H groups in total. The summed E-state index contributed by atoms with van der Waals surface area (Å²) >= 11 is 5.78. The number of urea groups is 1. The molecule has 0 bridgehead atoms. The number of amides is 3. The van der Waals surface area contributed by atoms with E-state index < -0.39 is 29.6 Å². The molecule has 0 aliphatic rings. The Morgan fingerprint density at radius 3 is 2.26 bits per heavy atom. The van der Waals surface area contributed by atoms with Crippen LogP contribution < -0.4 is 15.4 Å². The molecule has 0 aliphatic carbocycles. The van der Waals surface area contributed by atoms with Crippen LogP contribution in [-0.4, -0.2) is 36.7 Å². The molecule has 0 fully saturated rings. The first-order valence-corrected chi connectivity index (χ1v) is 7.21. The fourth-order valence-corrected chi connectivity index (χ4v) is 1.60. The maximum Gasteiger partial charge on any atom is 0.350 e. The van der Waals surface area contributed by atoms with Gasteiger partial charge >= 0.3 is 12.0 Å². The first-order valence-electron chi connectivity index (χ1n) is 6.84. The van der Waals surface area contributed by atoms with Crippen LogP contribution in [0, 0.1) is 0 Å². The highest BCUT2D eigenvalue weighted by atomic mass is 35.5. The van der Waals surface area contributed by atoms with Crippen molar-refractivity contribution in [1.29, 1.82) is 0 Å². The van der Waals surface area contributed by atoms with Gasteiger partial charge in [0.25, 0.3) is 5.91 Å². The van der Waals surface area contributed by atoms with E-state index in [-0.39, 0.29) is 0 Å². The van der Waals surface area contributed by atoms with Crippen molar-refractivity contribution in [3.63, 3.8) is 0 Å². The van der Waals surface area contributed by atoms with Crippen LogP contribution in [0.4, 0.5) is 4.79 Å². The third kappa shape index (κ3) is 5.78. The summed E-state index contributed by atoms with van der Waals surface area (Å²) in [5, 5.41) is 4.78. The number of ether oxygens (including phenoxy) is 2. The van der Waals surface area contributed by atoms with Crippen LogP contribution in [0.15, 0.2) is 24.3 Å². The zero-order valence-electron chi connectivity index (χ0n) is 13.3. The topological polar surface area (TPSA) is 93.7 Å². The van der Waals surface area contributed by atoms with Crippen molar-refractivity contribution in [3.8, 4) is 5.75 Å². The third-order valence-corrected chi connectivity index (χ3v) is 3.05. The molecule has 7 nitrogen and oxygen atoms in total. The first-order chi connectivity index (χ1) is 10.7. The number of halogens is 1. The van der Waals surface area contributed by atoms with Gasteiger partial charge in [0.05, 0.1) is 0 Å². The Hall–Kier alpha value is -2.28. The Kier molecular flexibility index (Phi) is 6.38. The Morgan fingerprint density at radius 2 is 1.74 bits per heavy atom. The third-order valence-electron chi connectivity index (χ3n) is 2.80. The Balaban J connectivity index is 2.65. The smallest absolute Gasteiger partial charge is 0.350 e. The molecule has 0 radical (unpaired) electrons. The highest BCUT2D eigenvalue weighted by Gasteiger charge is 2.34. The van der Waals surface area contributed by atoms with Crippen LogP contribution in [0.25, 0.3) is 0 Å². The molecule has 0 aliphatic heterocycles. The highest BCUT2D eigenvalue weighted by molar-refractivity contribution is 6.30. The van der Waals surface area contributed by atoms with Crippen LogP contribution in [-0.2, 0) is 14.3 Å². The lowest BCUT2D eigenvalue weighted by atomic mass is 10.1. The van der Waals surface area contributed by atoms with Crippen molar-refractivity contribution in [2.24, 2.45) is 0 Å². The lowest BCUT2D eigenvalue weighted by Crippen LogP contribution is -2.47. The average molecular weight is 343 g/mol. The molecular weight excluding hydrogens is 324 g/mol. The monoisotopic (exact) mass is 342 g/mol. The van der Waals surface area contributed by atoms with E-state index >= 15 is 0 Å². The summed E-state index contributed by atoms with van der Waals surface area (Å²) in [6, 6.07) is 5.78. The summed E-state index contributed by atoms with van der Waals surface area (Å²) in [7, 11) is 1.36. The molecule has 1 aromatic rings. The van der Waals surface area contributed by atoms with Crippen molar-refractivity contribution in [2.75, 3.05) is 7.05 Å². The van der Waals surface area contributed by atoms with E-state index in [0.29, 0.717) is 10.8 Å². The summed E-state index contributed by atoms with van der Waals surface area (Å²) in [6.07, 6.45) is -1.15. The summed E-state index contributed by atoms with van der Waals surface area (Å²) in [5.74, 6) is -1.05. The molecule has 126 valence electrons. The van der Waals surface area contributed by atoms with Gasteiger partial charge in [0.1, 0.15) is 5.75 Å². The lowest BCUT2D eigenvalue weighted by Gasteiger charge is -2.25. The maximum absolute atomic E-state index is 12.2. The van der Waals surface area contributed by atoms with Crippen molar-refractivity contribution in [2.45, 2.75) is 32.5 Å². The molecule has 0 unspecified atom stereocenters. The fourth-order valence-electron chi connectivity index (χ4n) is 1.47. The zero-order chi connectivity index (χ0) is 17.6. The van der Waals surface area contributed by atoms with Gasteiger partial charge in [0.15, 0.2) is 11.7 Å². The van der Waals surface area contributed by atoms with Crippen LogP contribution in [0.1, 0.15) is 20.8 Å². The number of hydrogen-bond donors (Lipinski definition) is 2. The largest absolute Gasteiger partial charge is 0.476 e. The van der Waals surface area contributed by atoms with Gasteiger partial charge in [-0.2, -0.15) is 0 Å². The zero-order valence-corrected chi connectivity index (χ0v) is 14.1. The Morgan fingerprint density at radius 1 is 1.17 bits per heavy atom. The normalized spacial score (nSPS) is 12.0. The number of rotatable bonds is 5. The second-order valence-corrected chi connectivity index (χ2v) is 5.62. The minimum absolute atomic E-state index is 0.429. The molecule has 0 aromatic heterocycles. The van der Waals surface area contributed by atoms with E-state index in [1.165, 1.54) is 27.8 Å². The van der Waals surface area contributed by atoms with Gasteiger partial charge in [-0.15, -0.1) is 0 Å². The molecule has 23 heavy (non-hydrogen) atoms. The van der Waals surface area contributed by atoms with Gasteiger partial charge in [0.2, 0.25) is 0 Å². The second kappa shape index (κ2) is 7.82. The Labute approximate surface area is 139 Å². The van der Waals surface area contributed by atoms with Crippen LogP contribution in [0.3, 0.4) is 0 Å².